The summed E-state index contributed by atoms with van der Waals surface area (Å²) in [5, 5.41) is 6.54. The van der Waals surface area contributed by atoms with E-state index in [2.05, 4.69) is 29.6 Å². The standard InChI is InChI=1S/C15H29N3O/c1-18(2)15(8-4-3-5-9-15)12-17-14(19)13-7-6-10-16-11-13/h13,16H,3-12H2,1-2H3,(H,17,19). The Kier molecular flexibility index (Phi) is 5.22. The van der Waals surface area contributed by atoms with E-state index in [9.17, 15) is 4.79 Å². The van der Waals surface area contributed by atoms with Gasteiger partial charge in [0.05, 0.1) is 5.92 Å². The van der Waals surface area contributed by atoms with E-state index in [0.29, 0.717) is 0 Å². The number of likely N-dealkylation sites (N-methyl/N-ethyl adjacent to an activating group) is 1. The highest BCUT2D eigenvalue weighted by Gasteiger charge is 2.35. The van der Waals surface area contributed by atoms with Crippen molar-refractivity contribution >= 4 is 5.91 Å². The maximum absolute atomic E-state index is 12.2. The first kappa shape index (κ1) is 14.8. The minimum atomic E-state index is 0.177. The van der Waals surface area contributed by atoms with E-state index in [4.69, 9.17) is 0 Å². The fourth-order valence-corrected chi connectivity index (χ4v) is 3.46. The quantitative estimate of drug-likeness (QED) is 0.808. The van der Waals surface area contributed by atoms with Crippen molar-refractivity contribution in [2.45, 2.75) is 50.5 Å². The lowest BCUT2D eigenvalue weighted by Gasteiger charge is -2.43. The Morgan fingerprint density at radius 1 is 1.26 bits per heavy atom. The van der Waals surface area contributed by atoms with E-state index in [1.807, 2.05) is 0 Å². The summed E-state index contributed by atoms with van der Waals surface area (Å²) in [6, 6.07) is 0. The molecular formula is C15H29N3O. The number of carbonyl (C=O) groups excluding carboxylic acids is 1. The van der Waals surface area contributed by atoms with Crippen LogP contribution in [0.2, 0.25) is 0 Å². The predicted octanol–water partition coefficient (Wildman–Crippen LogP) is 1.37. The molecule has 0 spiro atoms. The highest BCUT2D eigenvalue weighted by molar-refractivity contribution is 5.79. The van der Waals surface area contributed by atoms with E-state index in [0.717, 1.165) is 32.5 Å². The Morgan fingerprint density at radius 2 is 2.00 bits per heavy atom. The lowest BCUT2D eigenvalue weighted by Crippen LogP contribution is -2.55. The summed E-state index contributed by atoms with van der Waals surface area (Å²) in [4.78, 5) is 14.6. The molecule has 0 bridgehead atoms. The number of carbonyl (C=O) groups is 1. The summed E-state index contributed by atoms with van der Waals surface area (Å²) >= 11 is 0. The van der Waals surface area contributed by atoms with Crippen molar-refractivity contribution in [3.8, 4) is 0 Å². The third-order valence-corrected chi connectivity index (χ3v) is 4.99. The first-order chi connectivity index (χ1) is 9.14. The number of rotatable bonds is 4. The molecule has 1 amide bonds. The zero-order valence-corrected chi connectivity index (χ0v) is 12.5. The van der Waals surface area contributed by atoms with Crippen LogP contribution in [0.1, 0.15) is 44.9 Å². The molecule has 2 fully saturated rings. The molecule has 1 saturated heterocycles. The summed E-state index contributed by atoms with van der Waals surface area (Å²) < 4.78 is 0. The van der Waals surface area contributed by atoms with E-state index in [1.165, 1.54) is 32.1 Å². The average molecular weight is 267 g/mol. The Morgan fingerprint density at radius 3 is 2.58 bits per heavy atom. The van der Waals surface area contributed by atoms with Gasteiger partial charge in [-0.1, -0.05) is 19.3 Å². The zero-order chi connectivity index (χ0) is 13.7. The molecule has 2 N–H and O–H groups in total. The molecule has 0 radical (unpaired) electrons. The second-order valence-electron chi connectivity index (χ2n) is 6.44. The maximum Gasteiger partial charge on any atom is 0.224 e. The molecule has 1 aliphatic carbocycles. The molecule has 0 aromatic rings. The summed E-state index contributed by atoms with van der Waals surface area (Å²) in [6.45, 7) is 2.72. The molecule has 1 heterocycles. The van der Waals surface area contributed by atoms with Gasteiger partial charge in [0.1, 0.15) is 0 Å². The molecule has 0 aromatic carbocycles. The minimum Gasteiger partial charge on any atom is -0.354 e. The predicted molar refractivity (Wildman–Crippen MR) is 78.1 cm³/mol. The normalized spacial score (nSPS) is 27.2. The van der Waals surface area contributed by atoms with Crippen molar-refractivity contribution in [2.75, 3.05) is 33.7 Å². The lowest BCUT2D eigenvalue weighted by atomic mass is 9.80. The molecule has 0 aromatic heterocycles. The second kappa shape index (κ2) is 6.71. The molecule has 1 saturated carbocycles. The monoisotopic (exact) mass is 267 g/mol. The lowest BCUT2D eigenvalue weighted by molar-refractivity contribution is -0.126. The fourth-order valence-electron chi connectivity index (χ4n) is 3.46. The van der Waals surface area contributed by atoms with E-state index >= 15 is 0 Å². The third kappa shape index (κ3) is 3.69. The van der Waals surface area contributed by atoms with E-state index in [1.54, 1.807) is 0 Å². The SMILES string of the molecule is CN(C)C1(CNC(=O)C2CCCNC2)CCCCC1. The van der Waals surface area contributed by atoms with Gasteiger partial charge in [-0.05, 0) is 46.3 Å². The van der Waals surface area contributed by atoms with Crippen LogP contribution in [0.3, 0.4) is 0 Å². The summed E-state index contributed by atoms with van der Waals surface area (Å²) in [6.07, 6.45) is 8.51. The molecule has 110 valence electrons. The second-order valence-corrected chi connectivity index (χ2v) is 6.44. The summed E-state index contributed by atoms with van der Waals surface area (Å²) in [5.41, 5.74) is 0.190. The van der Waals surface area contributed by atoms with Gasteiger partial charge in [0.25, 0.3) is 0 Å². The fraction of sp³-hybridized carbons (Fsp3) is 0.933. The van der Waals surface area contributed by atoms with Crippen molar-refractivity contribution in [3.05, 3.63) is 0 Å². The Labute approximate surface area is 117 Å². The largest absolute Gasteiger partial charge is 0.354 e. The molecule has 4 nitrogen and oxygen atoms in total. The molecule has 4 heteroatoms. The van der Waals surface area contributed by atoms with Gasteiger partial charge in [0.2, 0.25) is 5.91 Å². The summed E-state index contributed by atoms with van der Waals surface area (Å²) in [7, 11) is 4.30. The van der Waals surface area contributed by atoms with Crippen LogP contribution in [-0.2, 0) is 4.79 Å². The van der Waals surface area contributed by atoms with Crippen LogP contribution in [0.25, 0.3) is 0 Å². The number of piperidine rings is 1. The molecule has 1 aliphatic heterocycles. The van der Waals surface area contributed by atoms with Crippen LogP contribution in [0.5, 0.6) is 0 Å². The number of amides is 1. The van der Waals surface area contributed by atoms with Crippen molar-refractivity contribution in [3.63, 3.8) is 0 Å². The summed E-state index contributed by atoms with van der Waals surface area (Å²) in [5.74, 6) is 0.426. The molecule has 19 heavy (non-hydrogen) atoms. The van der Waals surface area contributed by atoms with Crippen LogP contribution < -0.4 is 10.6 Å². The van der Waals surface area contributed by atoms with Crippen LogP contribution in [0, 0.1) is 5.92 Å². The highest BCUT2D eigenvalue weighted by atomic mass is 16.1. The van der Waals surface area contributed by atoms with Crippen molar-refractivity contribution in [1.82, 2.24) is 15.5 Å². The average Bonchev–Trinajstić information content (AvgIpc) is 2.46. The Balaban J connectivity index is 1.86. The number of hydrogen-bond acceptors (Lipinski definition) is 3. The van der Waals surface area contributed by atoms with Crippen molar-refractivity contribution < 1.29 is 4.79 Å². The van der Waals surface area contributed by atoms with Gasteiger partial charge < -0.3 is 15.5 Å². The van der Waals surface area contributed by atoms with Gasteiger partial charge in [0, 0.05) is 18.6 Å². The molecule has 1 unspecified atom stereocenters. The van der Waals surface area contributed by atoms with E-state index < -0.39 is 0 Å². The van der Waals surface area contributed by atoms with Gasteiger partial charge in [0.15, 0.2) is 0 Å². The van der Waals surface area contributed by atoms with Gasteiger partial charge in [-0.2, -0.15) is 0 Å². The smallest absolute Gasteiger partial charge is 0.224 e. The van der Waals surface area contributed by atoms with E-state index in [-0.39, 0.29) is 17.4 Å². The van der Waals surface area contributed by atoms with Crippen molar-refractivity contribution in [1.29, 1.82) is 0 Å². The number of nitrogens with one attached hydrogen (secondary N) is 2. The van der Waals surface area contributed by atoms with Gasteiger partial charge in [-0.15, -0.1) is 0 Å². The minimum absolute atomic E-state index is 0.177. The van der Waals surface area contributed by atoms with Gasteiger partial charge in [-0.25, -0.2) is 0 Å². The van der Waals surface area contributed by atoms with Gasteiger partial charge >= 0.3 is 0 Å². The van der Waals surface area contributed by atoms with Crippen molar-refractivity contribution in [2.24, 2.45) is 5.92 Å². The van der Waals surface area contributed by atoms with Crippen LogP contribution >= 0.6 is 0 Å². The highest BCUT2D eigenvalue weighted by Crippen LogP contribution is 2.31. The zero-order valence-electron chi connectivity index (χ0n) is 12.5. The van der Waals surface area contributed by atoms with Crippen LogP contribution in [0.4, 0.5) is 0 Å². The molecule has 2 aliphatic rings. The number of hydrogen-bond donors (Lipinski definition) is 2. The first-order valence-electron chi connectivity index (χ1n) is 7.80. The molecule has 1 atom stereocenters. The number of nitrogens with zero attached hydrogens (tertiary/aromatic N) is 1. The maximum atomic E-state index is 12.2. The van der Waals surface area contributed by atoms with Crippen LogP contribution in [-0.4, -0.2) is 50.1 Å². The molecular weight excluding hydrogens is 238 g/mol. The van der Waals surface area contributed by atoms with Gasteiger partial charge in [-0.3, -0.25) is 4.79 Å². The third-order valence-electron chi connectivity index (χ3n) is 4.99. The molecule has 2 rings (SSSR count). The van der Waals surface area contributed by atoms with Crippen LogP contribution in [0.15, 0.2) is 0 Å². The topological polar surface area (TPSA) is 44.4 Å². The first-order valence-corrected chi connectivity index (χ1v) is 7.80. The Bertz CT molecular complexity index is 292. The Hall–Kier alpha value is -0.610.